The highest BCUT2D eigenvalue weighted by atomic mass is 32.2. The molecule has 1 rings (SSSR count). The molecule has 0 aliphatic carbocycles. The quantitative estimate of drug-likeness (QED) is 0.540. The second-order valence-electron chi connectivity index (χ2n) is 4.78. The van der Waals surface area contributed by atoms with Crippen molar-refractivity contribution >= 4 is 10.1 Å². The van der Waals surface area contributed by atoms with Crippen LogP contribution in [0.15, 0.2) is 29.2 Å². The van der Waals surface area contributed by atoms with Gasteiger partial charge in [0.05, 0.1) is 4.90 Å². The van der Waals surface area contributed by atoms with Crippen LogP contribution in [-0.2, 0) is 16.5 Å². The lowest BCUT2D eigenvalue weighted by molar-refractivity contribution is 0.483. The number of benzene rings is 1. The minimum absolute atomic E-state index is 0.0435. The SMILES string of the molecule is NCCCCCCCCc1ccc(S(=O)(=O)O)cc1. The maximum Gasteiger partial charge on any atom is 0.294 e. The van der Waals surface area contributed by atoms with E-state index in [0.29, 0.717) is 0 Å². The van der Waals surface area contributed by atoms with Gasteiger partial charge < -0.3 is 5.73 Å². The third-order valence-electron chi connectivity index (χ3n) is 3.14. The van der Waals surface area contributed by atoms with Crippen LogP contribution in [0.2, 0.25) is 0 Å². The van der Waals surface area contributed by atoms with E-state index in [9.17, 15) is 8.42 Å². The van der Waals surface area contributed by atoms with Crippen LogP contribution in [0, 0.1) is 0 Å². The minimum atomic E-state index is -4.07. The van der Waals surface area contributed by atoms with Crippen LogP contribution in [0.4, 0.5) is 0 Å². The van der Waals surface area contributed by atoms with Gasteiger partial charge in [-0.05, 0) is 43.5 Å². The first kappa shape index (κ1) is 16.1. The van der Waals surface area contributed by atoms with Crippen molar-refractivity contribution in [2.45, 2.75) is 49.8 Å². The molecule has 0 heterocycles. The number of hydrogen-bond donors (Lipinski definition) is 2. The summed E-state index contributed by atoms with van der Waals surface area (Å²) in [5.74, 6) is 0. The summed E-state index contributed by atoms with van der Waals surface area (Å²) >= 11 is 0. The van der Waals surface area contributed by atoms with Crippen molar-refractivity contribution < 1.29 is 13.0 Å². The summed E-state index contributed by atoms with van der Waals surface area (Å²) in [6.45, 7) is 0.778. The minimum Gasteiger partial charge on any atom is -0.330 e. The maximum atomic E-state index is 10.9. The van der Waals surface area contributed by atoms with E-state index in [4.69, 9.17) is 10.3 Å². The van der Waals surface area contributed by atoms with Crippen LogP contribution >= 0.6 is 0 Å². The van der Waals surface area contributed by atoms with Crippen molar-refractivity contribution in [2.75, 3.05) is 6.54 Å². The smallest absolute Gasteiger partial charge is 0.294 e. The first-order chi connectivity index (χ1) is 9.04. The fourth-order valence-corrected chi connectivity index (χ4v) is 2.49. The first-order valence-electron chi connectivity index (χ1n) is 6.80. The average molecular weight is 285 g/mol. The average Bonchev–Trinajstić information content (AvgIpc) is 2.37. The third kappa shape index (κ3) is 6.71. The van der Waals surface area contributed by atoms with Crippen molar-refractivity contribution in [3.05, 3.63) is 29.8 Å². The molecule has 0 aliphatic heterocycles. The summed E-state index contributed by atoms with van der Waals surface area (Å²) in [6.07, 6.45) is 8.01. The summed E-state index contributed by atoms with van der Waals surface area (Å²) < 4.78 is 30.6. The molecule has 0 atom stereocenters. The standard InChI is InChI=1S/C14H23NO3S/c15-12-6-4-2-1-3-5-7-13-8-10-14(11-9-13)19(16,17)18/h8-11H,1-7,12,15H2,(H,16,17,18). The van der Waals surface area contributed by atoms with Crippen LogP contribution < -0.4 is 5.73 Å². The molecule has 0 spiro atoms. The third-order valence-corrected chi connectivity index (χ3v) is 4.01. The Bertz CT molecular complexity index is 454. The van der Waals surface area contributed by atoms with Gasteiger partial charge in [0.1, 0.15) is 0 Å². The molecule has 5 heteroatoms. The lowest BCUT2D eigenvalue weighted by atomic mass is 10.1. The summed E-state index contributed by atoms with van der Waals surface area (Å²) in [4.78, 5) is -0.0435. The van der Waals surface area contributed by atoms with E-state index < -0.39 is 10.1 Å². The summed E-state index contributed by atoms with van der Waals surface area (Å²) in [7, 11) is -4.07. The fraction of sp³-hybridized carbons (Fsp3) is 0.571. The molecule has 0 amide bonds. The second kappa shape index (κ2) is 8.30. The van der Waals surface area contributed by atoms with Gasteiger partial charge in [0.2, 0.25) is 0 Å². The largest absolute Gasteiger partial charge is 0.330 e. The Morgan fingerprint density at radius 3 is 1.95 bits per heavy atom. The zero-order valence-corrected chi connectivity index (χ0v) is 12.0. The Balaban J connectivity index is 2.23. The van der Waals surface area contributed by atoms with Crippen molar-refractivity contribution in [3.63, 3.8) is 0 Å². The number of nitrogens with two attached hydrogens (primary N) is 1. The number of rotatable bonds is 9. The molecular formula is C14H23NO3S. The van der Waals surface area contributed by atoms with Gasteiger partial charge in [-0.25, -0.2) is 0 Å². The topological polar surface area (TPSA) is 80.4 Å². The van der Waals surface area contributed by atoms with Crippen LogP contribution in [-0.4, -0.2) is 19.5 Å². The van der Waals surface area contributed by atoms with E-state index in [1.807, 2.05) is 0 Å². The Labute approximate surface area is 115 Å². The van der Waals surface area contributed by atoms with Gasteiger partial charge in [-0.15, -0.1) is 0 Å². The van der Waals surface area contributed by atoms with Crippen molar-refractivity contribution in [1.82, 2.24) is 0 Å². The van der Waals surface area contributed by atoms with E-state index >= 15 is 0 Å². The van der Waals surface area contributed by atoms with Crippen LogP contribution in [0.25, 0.3) is 0 Å². The van der Waals surface area contributed by atoms with E-state index in [2.05, 4.69) is 0 Å². The molecule has 0 unspecified atom stereocenters. The molecule has 0 saturated carbocycles. The Kier molecular flexibility index (Phi) is 7.05. The number of aryl methyl sites for hydroxylation is 1. The van der Waals surface area contributed by atoms with E-state index in [1.165, 1.54) is 37.8 Å². The molecule has 0 aromatic heterocycles. The van der Waals surface area contributed by atoms with Gasteiger partial charge in [0, 0.05) is 0 Å². The Morgan fingerprint density at radius 1 is 0.895 bits per heavy atom. The first-order valence-corrected chi connectivity index (χ1v) is 8.24. The van der Waals surface area contributed by atoms with Gasteiger partial charge in [-0.1, -0.05) is 37.8 Å². The molecule has 0 aliphatic rings. The lowest BCUT2D eigenvalue weighted by Crippen LogP contribution is -1.98. The summed E-state index contributed by atoms with van der Waals surface area (Å²) in [5, 5.41) is 0. The molecule has 0 fully saturated rings. The Morgan fingerprint density at radius 2 is 1.42 bits per heavy atom. The highest BCUT2D eigenvalue weighted by Gasteiger charge is 2.07. The predicted octanol–water partition coefficient (Wildman–Crippen LogP) is 2.78. The van der Waals surface area contributed by atoms with Crippen molar-refractivity contribution in [2.24, 2.45) is 5.73 Å². The lowest BCUT2D eigenvalue weighted by Gasteiger charge is -2.03. The molecule has 4 nitrogen and oxygen atoms in total. The van der Waals surface area contributed by atoms with Crippen LogP contribution in [0.1, 0.15) is 44.1 Å². The number of unbranched alkanes of at least 4 members (excludes halogenated alkanes) is 5. The predicted molar refractivity (Wildman–Crippen MR) is 76.7 cm³/mol. The molecule has 3 N–H and O–H groups in total. The van der Waals surface area contributed by atoms with Gasteiger partial charge in [0.25, 0.3) is 10.1 Å². The molecular weight excluding hydrogens is 262 g/mol. The van der Waals surface area contributed by atoms with Gasteiger partial charge in [-0.3, -0.25) is 4.55 Å². The second-order valence-corrected chi connectivity index (χ2v) is 6.20. The molecule has 1 aromatic carbocycles. The highest BCUT2D eigenvalue weighted by molar-refractivity contribution is 7.85. The summed E-state index contributed by atoms with van der Waals surface area (Å²) in [5.41, 5.74) is 6.53. The zero-order chi connectivity index (χ0) is 14.1. The molecule has 0 bridgehead atoms. The maximum absolute atomic E-state index is 10.9. The van der Waals surface area contributed by atoms with Crippen LogP contribution in [0.5, 0.6) is 0 Å². The monoisotopic (exact) mass is 285 g/mol. The highest BCUT2D eigenvalue weighted by Crippen LogP contribution is 2.13. The van der Waals surface area contributed by atoms with E-state index in [-0.39, 0.29) is 4.90 Å². The summed E-state index contributed by atoms with van der Waals surface area (Å²) in [6, 6.07) is 6.42. The molecule has 19 heavy (non-hydrogen) atoms. The van der Waals surface area contributed by atoms with E-state index in [0.717, 1.165) is 31.4 Å². The Hall–Kier alpha value is -0.910. The molecule has 0 radical (unpaired) electrons. The number of hydrogen-bond acceptors (Lipinski definition) is 3. The van der Waals surface area contributed by atoms with Crippen molar-refractivity contribution in [3.8, 4) is 0 Å². The normalized spacial score (nSPS) is 11.7. The van der Waals surface area contributed by atoms with Crippen LogP contribution in [0.3, 0.4) is 0 Å². The van der Waals surface area contributed by atoms with E-state index in [1.54, 1.807) is 12.1 Å². The zero-order valence-electron chi connectivity index (χ0n) is 11.2. The van der Waals surface area contributed by atoms with Gasteiger partial charge in [0.15, 0.2) is 0 Å². The fourth-order valence-electron chi connectivity index (χ4n) is 2.01. The molecule has 0 saturated heterocycles. The molecule has 108 valence electrons. The van der Waals surface area contributed by atoms with Gasteiger partial charge >= 0.3 is 0 Å². The molecule has 1 aromatic rings. The van der Waals surface area contributed by atoms with Crippen molar-refractivity contribution in [1.29, 1.82) is 0 Å². The van der Waals surface area contributed by atoms with Gasteiger partial charge in [-0.2, -0.15) is 8.42 Å².